The number of rotatable bonds is 3. The summed E-state index contributed by atoms with van der Waals surface area (Å²) in [5.41, 5.74) is -0.00725. The zero-order valence-corrected chi connectivity index (χ0v) is 9.25. The van der Waals surface area contributed by atoms with E-state index >= 15 is 0 Å². The minimum Gasteiger partial charge on any atom is -0.376 e. The molecule has 0 amide bonds. The molecule has 1 heterocycles. The van der Waals surface area contributed by atoms with E-state index in [-0.39, 0.29) is 12.6 Å². The Bertz CT molecular complexity index is 499. The molecule has 0 saturated carbocycles. The van der Waals surface area contributed by atoms with Gasteiger partial charge in [-0.15, -0.1) is 0 Å². The van der Waals surface area contributed by atoms with Crippen LogP contribution in [-0.4, -0.2) is 0 Å². The van der Waals surface area contributed by atoms with E-state index in [1.807, 2.05) is 0 Å². The van der Waals surface area contributed by atoms with Gasteiger partial charge in [-0.25, -0.2) is 17.6 Å². The van der Waals surface area contributed by atoms with Crippen LogP contribution in [0.4, 0.5) is 23.2 Å². The van der Waals surface area contributed by atoms with Crippen LogP contribution in [0.5, 0.6) is 0 Å². The van der Waals surface area contributed by atoms with Crippen molar-refractivity contribution in [1.29, 1.82) is 0 Å². The lowest BCUT2D eigenvalue weighted by molar-refractivity contribution is 0.458. The first-order chi connectivity index (χ1) is 8.09. The van der Waals surface area contributed by atoms with Gasteiger partial charge >= 0.3 is 0 Å². The zero-order chi connectivity index (χ0) is 12.4. The largest absolute Gasteiger partial charge is 0.376 e. The SMILES string of the molecule is Fc1cc(F)c(F)c(NCc2ccsc2)c1F. The molecule has 0 saturated heterocycles. The number of anilines is 1. The summed E-state index contributed by atoms with van der Waals surface area (Å²) in [7, 11) is 0. The topological polar surface area (TPSA) is 12.0 Å². The first kappa shape index (κ1) is 11.9. The molecular formula is C11H7F4NS. The van der Waals surface area contributed by atoms with E-state index < -0.39 is 29.0 Å². The molecule has 2 rings (SSSR count). The van der Waals surface area contributed by atoms with Crippen molar-refractivity contribution >= 4 is 17.0 Å². The van der Waals surface area contributed by atoms with Gasteiger partial charge in [0.1, 0.15) is 5.69 Å². The van der Waals surface area contributed by atoms with Gasteiger partial charge < -0.3 is 5.32 Å². The Morgan fingerprint density at radius 2 is 1.71 bits per heavy atom. The lowest BCUT2D eigenvalue weighted by Gasteiger charge is -2.09. The maximum atomic E-state index is 13.2. The summed E-state index contributed by atoms with van der Waals surface area (Å²) in [6, 6.07) is 1.92. The van der Waals surface area contributed by atoms with E-state index in [2.05, 4.69) is 5.32 Å². The molecule has 90 valence electrons. The molecule has 1 aromatic heterocycles. The lowest BCUT2D eigenvalue weighted by atomic mass is 10.2. The lowest BCUT2D eigenvalue weighted by Crippen LogP contribution is -2.06. The highest BCUT2D eigenvalue weighted by molar-refractivity contribution is 7.07. The molecule has 0 aliphatic carbocycles. The van der Waals surface area contributed by atoms with Crippen molar-refractivity contribution in [3.8, 4) is 0 Å². The fourth-order valence-corrected chi connectivity index (χ4v) is 1.98. The third-order valence-corrected chi connectivity index (χ3v) is 2.89. The molecule has 1 nitrogen and oxygen atoms in total. The fraction of sp³-hybridized carbons (Fsp3) is 0.0909. The summed E-state index contributed by atoms with van der Waals surface area (Å²) in [4.78, 5) is 0. The van der Waals surface area contributed by atoms with E-state index in [9.17, 15) is 17.6 Å². The predicted molar refractivity (Wildman–Crippen MR) is 57.9 cm³/mol. The van der Waals surface area contributed by atoms with Crippen molar-refractivity contribution in [3.63, 3.8) is 0 Å². The summed E-state index contributed by atoms with van der Waals surface area (Å²) < 4.78 is 52.2. The number of thiophene rings is 1. The van der Waals surface area contributed by atoms with E-state index in [0.29, 0.717) is 0 Å². The Balaban J connectivity index is 2.26. The first-order valence-corrected chi connectivity index (χ1v) is 5.62. The fourth-order valence-electron chi connectivity index (χ4n) is 1.31. The van der Waals surface area contributed by atoms with E-state index in [4.69, 9.17) is 0 Å². The van der Waals surface area contributed by atoms with Crippen LogP contribution in [0, 0.1) is 23.3 Å². The maximum Gasteiger partial charge on any atom is 0.185 e. The summed E-state index contributed by atoms with van der Waals surface area (Å²) in [5, 5.41) is 5.89. The first-order valence-electron chi connectivity index (χ1n) is 4.67. The molecule has 6 heteroatoms. The van der Waals surface area contributed by atoms with E-state index in [1.165, 1.54) is 11.3 Å². The molecule has 0 unspecified atom stereocenters. The molecule has 0 atom stereocenters. The average molecular weight is 261 g/mol. The summed E-state index contributed by atoms with van der Waals surface area (Å²) >= 11 is 1.41. The number of nitrogens with one attached hydrogen (secondary N) is 1. The molecule has 2 aromatic rings. The highest BCUT2D eigenvalue weighted by atomic mass is 32.1. The Labute approximate surface area is 98.7 Å². The van der Waals surface area contributed by atoms with Crippen molar-refractivity contribution in [2.45, 2.75) is 6.54 Å². The third kappa shape index (κ3) is 2.41. The van der Waals surface area contributed by atoms with Crippen LogP contribution in [0.1, 0.15) is 5.56 Å². The van der Waals surface area contributed by atoms with Crippen molar-refractivity contribution in [2.24, 2.45) is 0 Å². The van der Waals surface area contributed by atoms with Crippen LogP contribution in [0.15, 0.2) is 22.9 Å². The normalized spacial score (nSPS) is 10.6. The molecule has 0 spiro atoms. The summed E-state index contributed by atoms with van der Waals surface area (Å²) in [5.74, 6) is -5.67. The van der Waals surface area contributed by atoms with Gasteiger partial charge in [0.15, 0.2) is 23.3 Å². The van der Waals surface area contributed by atoms with Gasteiger partial charge in [-0.1, -0.05) is 0 Å². The number of halogens is 4. The van der Waals surface area contributed by atoms with Gasteiger partial charge in [0.25, 0.3) is 0 Å². The molecule has 17 heavy (non-hydrogen) atoms. The highest BCUT2D eigenvalue weighted by Gasteiger charge is 2.18. The number of benzene rings is 1. The second-order valence-electron chi connectivity index (χ2n) is 3.33. The second kappa shape index (κ2) is 4.75. The van der Waals surface area contributed by atoms with Crippen molar-refractivity contribution < 1.29 is 17.6 Å². The molecule has 0 radical (unpaired) electrons. The highest BCUT2D eigenvalue weighted by Crippen LogP contribution is 2.24. The Morgan fingerprint density at radius 1 is 1.06 bits per heavy atom. The van der Waals surface area contributed by atoms with Crippen molar-refractivity contribution in [3.05, 3.63) is 51.7 Å². The van der Waals surface area contributed by atoms with Gasteiger partial charge in [-0.2, -0.15) is 11.3 Å². The molecule has 0 bridgehead atoms. The quantitative estimate of drug-likeness (QED) is 0.652. The molecule has 0 aliphatic heterocycles. The zero-order valence-electron chi connectivity index (χ0n) is 8.44. The monoisotopic (exact) mass is 261 g/mol. The smallest absolute Gasteiger partial charge is 0.185 e. The van der Waals surface area contributed by atoms with Crippen molar-refractivity contribution in [2.75, 3.05) is 5.32 Å². The molecule has 1 N–H and O–H groups in total. The summed E-state index contributed by atoms with van der Waals surface area (Å²) in [6.07, 6.45) is 0. The Kier molecular flexibility index (Phi) is 3.33. The molecule has 0 fully saturated rings. The van der Waals surface area contributed by atoms with Crippen molar-refractivity contribution in [1.82, 2.24) is 0 Å². The Hall–Kier alpha value is -1.56. The molecule has 0 aliphatic rings. The number of hydrogen-bond acceptors (Lipinski definition) is 2. The minimum atomic E-state index is -1.42. The third-order valence-electron chi connectivity index (χ3n) is 2.16. The Morgan fingerprint density at radius 3 is 2.24 bits per heavy atom. The van der Waals surface area contributed by atoms with Gasteiger partial charge in [0.05, 0.1) is 0 Å². The van der Waals surface area contributed by atoms with Gasteiger partial charge in [0.2, 0.25) is 0 Å². The molecule has 1 aromatic carbocycles. The van der Waals surface area contributed by atoms with Gasteiger partial charge in [-0.3, -0.25) is 0 Å². The van der Waals surface area contributed by atoms with Crippen LogP contribution >= 0.6 is 11.3 Å². The molecular weight excluding hydrogens is 254 g/mol. The van der Waals surface area contributed by atoms with Crippen LogP contribution in [-0.2, 0) is 6.54 Å². The van der Waals surface area contributed by atoms with Gasteiger partial charge in [0, 0.05) is 12.6 Å². The van der Waals surface area contributed by atoms with Crippen LogP contribution in [0.25, 0.3) is 0 Å². The standard InChI is InChI=1S/C11H7F4NS/c12-7-3-8(13)10(15)11(9(7)14)16-4-6-1-2-17-5-6/h1-3,5,16H,4H2. The maximum absolute atomic E-state index is 13.2. The van der Waals surface area contributed by atoms with Crippen LogP contribution < -0.4 is 5.32 Å². The minimum absolute atomic E-state index is 0.0975. The van der Waals surface area contributed by atoms with E-state index in [1.54, 1.807) is 16.8 Å². The van der Waals surface area contributed by atoms with Gasteiger partial charge in [-0.05, 0) is 22.4 Å². The predicted octanol–water partition coefficient (Wildman–Crippen LogP) is 3.92. The van der Waals surface area contributed by atoms with E-state index in [0.717, 1.165) is 5.56 Å². The second-order valence-corrected chi connectivity index (χ2v) is 4.11. The summed E-state index contributed by atoms with van der Waals surface area (Å²) in [6.45, 7) is 0.0975. The average Bonchev–Trinajstić information content (AvgIpc) is 2.79. The van der Waals surface area contributed by atoms with Crippen LogP contribution in [0.2, 0.25) is 0 Å². The van der Waals surface area contributed by atoms with Crippen LogP contribution in [0.3, 0.4) is 0 Å². The number of hydrogen-bond donors (Lipinski definition) is 1.